The van der Waals surface area contributed by atoms with Crippen LogP contribution in [0.15, 0.2) is 24.5 Å². The van der Waals surface area contributed by atoms with Gasteiger partial charge in [0.1, 0.15) is 0 Å². The minimum atomic E-state index is 0.347. The number of rotatable bonds is 2. The van der Waals surface area contributed by atoms with Gasteiger partial charge in [0.2, 0.25) is 5.91 Å². The molecule has 2 aliphatic heterocycles. The number of hydrogen-bond donors (Lipinski definition) is 0. The molecule has 0 unspecified atom stereocenters. The molecule has 112 valence electrons. The number of aromatic nitrogens is 1. The lowest BCUT2D eigenvalue weighted by molar-refractivity contribution is -0.137. The molecular formula is C17H23N3O. The third kappa shape index (κ3) is 2.41. The van der Waals surface area contributed by atoms with E-state index in [0.29, 0.717) is 23.7 Å². The molecule has 3 aliphatic rings. The number of carbonyl (C=O) groups excluding carboxylic acids is 1. The van der Waals surface area contributed by atoms with Crippen LogP contribution in [0.5, 0.6) is 0 Å². The summed E-state index contributed by atoms with van der Waals surface area (Å²) in [5.74, 6) is 2.13. The average molecular weight is 285 g/mol. The Morgan fingerprint density at radius 1 is 1.14 bits per heavy atom. The van der Waals surface area contributed by atoms with Gasteiger partial charge in [0.05, 0.1) is 11.9 Å². The van der Waals surface area contributed by atoms with E-state index in [2.05, 4.69) is 20.9 Å². The van der Waals surface area contributed by atoms with Crippen molar-refractivity contribution in [3.05, 3.63) is 24.5 Å². The Hall–Kier alpha value is -1.58. The molecule has 0 aromatic carbocycles. The van der Waals surface area contributed by atoms with Gasteiger partial charge in [-0.15, -0.1) is 0 Å². The molecule has 4 rings (SSSR count). The molecule has 1 saturated carbocycles. The SMILES string of the molecule is O=C(C1CCC1)N1C[C@@H]2CCN(c3cccnc3)C[C@@H]2C1. The second kappa shape index (κ2) is 5.32. The molecule has 4 heteroatoms. The number of nitrogens with zero attached hydrogens (tertiary/aromatic N) is 3. The van der Waals surface area contributed by atoms with E-state index in [0.717, 1.165) is 39.0 Å². The molecule has 1 aromatic heterocycles. The minimum absolute atomic E-state index is 0.347. The van der Waals surface area contributed by atoms with Crippen LogP contribution in [0.2, 0.25) is 0 Å². The zero-order valence-electron chi connectivity index (χ0n) is 12.4. The molecule has 0 bridgehead atoms. The first-order valence-electron chi connectivity index (χ1n) is 8.25. The topological polar surface area (TPSA) is 36.4 Å². The van der Waals surface area contributed by atoms with Crippen molar-refractivity contribution in [3.63, 3.8) is 0 Å². The Labute approximate surface area is 126 Å². The molecule has 3 heterocycles. The molecule has 2 saturated heterocycles. The van der Waals surface area contributed by atoms with E-state index >= 15 is 0 Å². The van der Waals surface area contributed by atoms with Crippen LogP contribution in [0.3, 0.4) is 0 Å². The van der Waals surface area contributed by atoms with Crippen LogP contribution in [0, 0.1) is 17.8 Å². The number of likely N-dealkylation sites (tertiary alicyclic amines) is 1. The normalized spacial score (nSPS) is 29.1. The number of amides is 1. The number of anilines is 1. The highest BCUT2D eigenvalue weighted by Crippen LogP contribution is 2.36. The molecule has 3 fully saturated rings. The first-order valence-corrected chi connectivity index (χ1v) is 8.25. The van der Waals surface area contributed by atoms with Gasteiger partial charge in [-0.1, -0.05) is 6.42 Å². The van der Waals surface area contributed by atoms with Crippen molar-refractivity contribution in [2.24, 2.45) is 17.8 Å². The van der Waals surface area contributed by atoms with Crippen LogP contribution in [0.25, 0.3) is 0 Å². The van der Waals surface area contributed by atoms with Gasteiger partial charge in [-0.05, 0) is 43.2 Å². The second-order valence-electron chi connectivity index (χ2n) is 6.84. The van der Waals surface area contributed by atoms with Crippen LogP contribution in [0.4, 0.5) is 5.69 Å². The van der Waals surface area contributed by atoms with E-state index in [4.69, 9.17) is 0 Å². The fraction of sp³-hybridized carbons (Fsp3) is 0.647. The highest BCUT2D eigenvalue weighted by molar-refractivity contribution is 5.80. The second-order valence-corrected chi connectivity index (χ2v) is 6.84. The van der Waals surface area contributed by atoms with Gasteiger partial charge in [0.25, 0.3) is 0 Å². The van der Waals surface area contributed by atoms with Crippen molar-refractivity contribution in [2.75, 3.05) is 31.1 Å². The molecule has 0 spiro atoms. The maximum atomic E-state index is 12.4. The van der Waals surface area contributed by atoms with Crippen LogP contribution >= 0.6 is 0 Å². The van der Waals surface area contributed by atoms with Gasteiger partial charge in [-0.2, -0.15) is 0 Å². The number of hydrogen-bond acceptors (Lipinski definition) is 3. The predicted octanol–water partition coefficient (Wildman–Crippen LogP) is 2.17. The Morgan fingerprint density at radius 2 is 2.00 bits per heavy atom. The quantitative estimate of drug-likeness (QED) is 0.835. The molecule has 1 aromatic rings. The monoisotopic (exact) mass is 285 g/mol. The first-order chi connectivity index (χ1) is 10.3. The first kappa shape index (κ1) is 13.1. The predicted molar refractivity (Wildman–Crippen MR) is 82.0 cm³/mol. The van der Waals surface area contributed by atoms with Crippen molar-refractivity contribution < 1.29 is 4.79 Å². The summed E-state index contributed by atoms with van der Waals surface area (Å²) in [6.07, 6.45) is 8.45. The molecule has 4 nitrogen and oxygen atoms in total. The van der Waals surface area contributed by atoms with E-state index in [1.165, 1.54) is 18.5 Å². The lowest BCUT2D eigenvalue weighted by atomic mass is 9.84. The third-order valence-electron chi connectivity index (χ3n) is 5.58. The standard InChI is InChI=1S/C17H23N3O/c21-17(13-3-1-4-13)20-10-14-6-8-19(11-15(14)12-20)16-5-2-7-18-9-16/h2,5,7,9,13-15H,1,3-4,6,8,10-12H2/t14-,15+/m0/s1. The summed E-state index contributed by atoms with van der Waals surface area (Å²) in [5, 5.41) is 0. The largest absolute Gasteiger partial charge is 0.370 e. The Kier molecular flexibility index (Phi) is 3.32. The summed E-state index contributed by atoms with van der Waals surface area (Å²) in [6, 6.07) is 4.14. The van der Waals surface area contributed by atoms with Gasteiger partial charge in [0.15, 0.2) is 0 Å². The summed E-state index contributed by atoms with van der Waals surface area (Å²) < 4.78 is 0. The fourth-order valence-electron chi connectivity index (χ4n) is 4.04. The van der Waals surface area contributed by atoms with Crippen molar-refractivity contribution in [2.45, 2.75) is 25.7 Å². The van der Waals surface area contributed by atoms with Gasteiger partial charge in [-0.3, -0.25) is 9.78 Å². The van der Waals surface area contributed by atoms with Crippen molar-refractivity contribution in [1.82, 2.24) is 9.88 Å². The van der Waals surface area contributed by atoms with E-state index in [-0.39, 0.29) is 0 Å². The van der Waals surface area contributed by atoms with Gasteiger partial charge < -0.3 is 9.80 Å². The Bertz CT molecular complexity index is 514. The van der Waals surface area contributed by atoms with Crippen molar-refractivity contribution in [1.29, 1.82) is 0 Å². The summed E-state index contributed by atoms with van der Waals surface area (Å²) in [6.45, 7) is 4.14. The molecule has 21 heavy (non-hydrogen) atoms. The zero-order valence-corrected chi connectivity index (χ0v) is 12.4. The Morgan fingerprint density at radius 3 is 2.71 bits per heavy atom. The molecular weight excluding hydrogens is 262 g/mol. The summed E-state index contributed by atoms with van der Waals surface area (Å²) in [4.78, 5) is 21.2. The van der Waals surface area contributed by atoms with Gasteiger partial charge >= 0.3 is 0 Å². The highest BCUT2D eigenvalue weighted by atomic mass is 16.2. The third-order valence-corrected chi connectivity index (χ3v) is 5.58. The Balaban J connectivity index is 1.41. The summed E-state index contributed by atoms with van der Waals surface area (Å²) in [5.41, 5.74) is 1.22. The van der Waals surface area contributed by atoms with Crippen molar-refractivity contribution in [3.8, 4) is 0 Å². The summed E-state index contributed by atoms with van der Waals surface area (Å²) >= 11 is 0. The van der Waals surface area contributed by atoms with Gasteiger partial charge in [0, 0.05) is 38.3 Å². The maximum absolute atomic E-state index is 12.4. The highest BCUT2D eigenvalue weighted by Gasteiger charge is 2.41. The van der Waals surface area contributed by atoms with E-state index in [1.807, 2.05) is 18.5 Å². The number of carbonyl (C=O) groups is 1. The maximum Gasteiger partial charge on any atom is 0.225 e. The molecule has 2 atom stereocenters. The van der Waals surface area contributed by atoms with E-state index < -0.39 is 0 Å². The fourth-order valence-corrected chi connectivity index (χ4v) is 4.04. The lowest BCUT2D eigenvalue weighted by Gasteiger charge is -2.35. The lowest BCUT2D eigenvalue weighted by Crippen LogP contribution is -2.40. The van der Waals surface area contributed by atoms with Crippen LogP contribution in [0.1, 0.15) is 25.7 Å². The molecule has 0 radical (unpaired) electrons. The summed E-state index contributed by atoms with van der Waals surface area (Å²) in [7, 11) is 0. The van der Waals surface area contributed by atoms with Crippen LogP contribution < -0.4 is 4.90 Å². The van der Waals surface area contributed by atoms with E-state index in [1.54, 1.807) is 0 Å². The minimum Gasteiger partial charge on any atom is -0.370 e. The average Bonchev–Trinajstić information content (AvgIpc) is 2.89. The zero-order chi connectivity index (χ0) is 14.2. The molecule has 1 aliphatic carbocycles. The van der Waals surface area contributed by atoms with Gasteiger partial charge in [-0.25, -0.2) is 0 Å². The number of piperidine rings is 1. The number of fused-ring (bicyclic) bond motifs is 1. The molecule has 0 N–H and O–H groups in total. The smallest absolute Gasteiger partial charge is 0.225 e. The van der Waals surface area contributed by atoms with Crippen molar-refractivity contribution >= 4 is 11.6 Å². The number of pyridine rings is 1. The van der Waals surface area contributed by atoms with E-state index in [9.17, 15) is 4.79 Å². The molecule has 1 amide bonds. The van der Waals surface area contributed by atoms with Crippen LogP contribution in [-0.2, 0) is 4.79 Å². The van der Waals surface area contributed by atoms with Crippen LogP contribution in [-0.4, -0.2) is 42.0 Å².